The van der Waals surface area contributed by atoms with Gasteiger partial charge in [0.05, 0.1) is 16.2 Å². The number of carbonyl (C=O) groups excluding carboxylic acids is 1. The smallest absolute Gasteiger partial charge is 0.229 e. The van der Waals surface area contributed by atoms with Crippen LogP contribution in [0.3, 0.4) is 0 Å². The van der Waals surface area contributed by atoms with Crippen LogP contribution in [0.4, 0.5) is 5.69 Å². The molecule has 1 aromatic carbocycles. The van der Waals surface area contributed by atoms with Gasteiger partial charge in [0.2, 0.25) is 5.91 Å². The molecular weight excluding hydrogens is 250 g/mol. The van der Waals surface area contributed by atoms with Gasteiger partial charge in [0.15, 0.2) is 0 Å². The highest BCUT2D eigenvalue weighted by Crippen LogP contribution is 2.31. The summed E-state index contributed by atoms with van der Waals surface area (Å²) < 4.78 is 1.70. The summed E-state index contributed by atoms with van der Waals surface area (Å²) in [6, 6.07) is 3.63. The molecule has 0 radical (unpaired) electrons. The van der Waals surface area contributed by atoms with Gasteiger partial charge in [-0.2, -0.15) is 5.10 Å². The minimum atomic E-state index is -0.451. The third-order valence-electron chi connectivity index (χ3n) is 2.67. The Morgan fingerprint density at radius 1 is 1.39 bits per heavy atom. The number of benzene rings is 1. The lowest BCUT2D eigenvalue weighted by Crippen LogP contribution is -2.27. The van der Waals surface area contributed by atoms with Gasteiger partial charge in [0.1, 0.15) is 0 Å². The van der Waals surface area contributed by atoms with E-state index in [1.807, 2.05) is 40.1 Å². The molecule has 0 aliphatic rings. The Bertz CT molecular complexity index is 610. The summed E-state index contributed by atoms with van der Waals surface area (Å²) in [5, 5.41) is 8.47. The zero-order chi connectivity index (χ0) is 13.5. The Hall–Kier alpha value is -1.55. The van der Waals surface area contributed by atoms with Crippen molar-refractivity contribution in [2.75, 3.05) is 5.32 Å². The molecule has 2 aromatic rings. The predicted molar refractivity (Wildman–Crippen MR) is 73.8 cm³/mol. The van der Waals surface area contributed by atoms with Crippen molar-refractivity contribution < 1.29 is 4.79 Å². The molecule has 4 nitrogen and oxygen atoms in total. The van der Waals surface area contributed by atoms with Gasteiger partial charge in [-0.3, -0.25) is 9.48 Å². The number of aryl methyl sites for hydroxylation is 1. The number of halogens is 1. The van der Waals surface area contributed by atoms with E-state index in [0.29, 0.717) is 10.7 Å². The van der Waals surface area contributed by atoms with Crippen LogP contribution in [0, 0.1) is 5.41 Å². The standard InChI is InChI=1S/C13H16ClN3O/c1-13(2,3)12(18)15-10-6-5-9-8(11(10)14)7-17(4)16-9/h5-7H,1-4H3,(H,15,18). The van der Waals surface area contributed by atoms with Crippen molar-refractivity contribution in [1.29, 1.82) is 0 Å². The van der Waals surface area contributed by atoms with E-state index in [1.165, 1.54) is 0 Å². The zero-order valence-corrected chi connectivity index (χ0v) is 11.7. The van der Waals surface area contributed by atoms with E-state index in [0.717, 1.165) is 10.9 Å². The Morgan fingerprint density at radius 2 is 2.06 bits per heavy atom. The van der Waals surface area contributed by atoms with Crippen molar-refractivity contribution in [3.05, 3.63) is 23.4 Å². The molecule has 96 valence electrons. The summed E-state index contributed by atoms with van der Waals surface area (Å²) in [4.78, 5) is 11.9. The van der Waals surface area contributed by atoms with Crippen LogP contribution < -0.4 is 5.32 Å². The fourth-order valence-electron chi connectivity index (χ4n) is 1.58. The first kappa shape index (κ1) is 12.9. The van der Waals surface area contributed by atoms with Gasteiger partial charge in [-0.15, -0.1) is 0 Å². The van der Waals surface area contributed by atoms with Crippen LogP contribution in [-0.4, -0.2) is 15.7 Å². The summed E-state index contributed by atoms with van der Waals surface area (Å²) >= 11 is 6.28. The molecule has 18 heavy (non-hydrogen) atoms. The van der Waals surface area contributed by atoms with Crippen LogP contribution in [-0.2, 0) is 11.8 Å². The Morgan fingerprint density at radius 3 is 2.67 bits per heavy atom. The van der Waals surface area contributed by atoms with Crippen molar-refractivity contribution in [3.8, 4) is 0 Å². The highest BCUT2D eigenvalue weighted by atomic mass is 35.5. The second-order valence-corrected chi connectivity index (χ2v) is 5.74. The molecule has 0 fully saturated rings. The first-order chi connectivity index (χ1) is 8.29. The number of anilines is 1. The van der Waals surface area contributed by atoms with Crippen molar-refractivity contribution >= 4 is 34.1 Å². The molecule has 1 aromatic heterocycles. The van der Waals surface area contributed by atoms with Crippen molar-refractivity contribution in [3.63, 3.8) is 0 Å². The van der Waals surface area contributed by atoms with Crippen LogP contribution in [0.2, 0.25) is 5.02 Å². The second kappa shape index (κ2) is 4.28. The molecule has 1 amide bonds. The highest BCUT2D eigenvalue weighted by molar-refractivity contribution is 6.38. The van der Waals surface area contributed by atoms with Crippen molar-refractivity contribution in [1.82, 2.24) is 9.78 Å². The van der Waals surface area contributed by atoms with E-state index in [9.17, 15) is 4.79 Å². The number of fused-ring (bicyclic) bond motifs is 1. The topological polar surface area (TPSA) is 46.9 Å². The fraction of sp³-hybridized carbons (Fsp3) is 0.385. The van der Waals surface area contributed by atoms with Crippen LogP contribution >= 0.6 is 11.6 Å². The number of hydrogen-bond donors (Lipinski definition) is 1. The summed E-state index contributed by atoms with van der Waals surface area (Å²) in [5.41, 5.74) is 0.987. The summed E-state index contributed by atoms with van der Waals surface area (Å²) in [6.07, 6.45) is 1.84. The van der Waals surface area contributed by atoms with Gasteiger partial charge in [-0.1, -0.05) is 32.4 Å². The van der Waals surface area contributed by atoms with E-state index in [1.54, 1.807) is 10.7 Å². The number of carbonyl (C=O) groups is 1. The van der Waals surface area contributed by atoms with Gasteiger partial charge in [0.25, 0.3) is 0 Å². The van der Waals surface area contributed by atoms with Gasteiger partial charge in [-0.05, 0) is 12.1 Å². The van der Waals surface area contributed by atoms with E-state index in [2.05, 4.69) is 10.4 Å². The van der Waals surface area contributed by atoms with Gasteiger partial charge < -0.3 is 5.32 Å². The number of nitrogens with zero attached hydrogens (tertiary/aromatic N) is 2. The Balaban J connectivity index is 2.40. The monoisotopic (exact) mass is 265 g/mol. The molecule has 0 atom stereocenters. The maximum Gasteiger partial charge on any atom is 0.229 e. The first-order valence-corrected chi connectivity index (χ1v) is 6.10. The second-order valence-electron chi connectivity index (χ2n) is 5.37. The highest BCUT2D eigenvalue weighted by Gasteiger charge is 2.22. The molecule has 0 aliphatic heterocycles. The minimum Gasteiger partial charge on any atom is -0.324 e. The lowest BCUT2D eigenvalue weighted by molar-refractivity contribution is -0.123. The SMILES string of the molecule is Cn1cc2c(Cl)c(NC(=O)C(C)(C)C)ccc2n1. The summed E-state index contributed by atoms with van der Waals surface area (Å²) in [5.74, 6) is -0.0624. The molecule has 0 unspecified atom stereocenters. The maximum atomic E-state index is 11.9. The normalized spacial score (nSPS) is 11.8. The van der Waals surface area contributed by atoms with Crippen LogP contribution in [0.5, 0.6) is 0 Å². The van der Waals surface area contributed by atoms with E-state index in [4.69, 9.17) is 11.6 Å². The zero-order valence-electron chi connectivity index (χ0n) is 10.9. The molecule has 5 heteroatoms. The van der Waals surface area contributed by atoms with Crippen LogP contribution in [0.15, 0.2) is 18.3 Å². The largest absolute Gasteiger partial charge is 0.324 e. The van der Waals surface area contributed by atoms with Crippen molar-refractivity contribution in [2.45, 2.75) is 20.8 Å². The van der Waals surface area contributed by atoms with E-state index < -0.39 is 5.41 Å². The molecule has 1 N–H and O–H groups in total. The third-order valence-corrected chi connectivity index (χ3v) is 3.07. The molecule has 0 saturated heterocycles. The Kier molecular flexibility index (Phi) is 3.07. The molecule has 2 rings (SSSR count). The van der Waals surface area contributed by atoms with Gasteiger partial charge in [-0.25, -0.2) is 0 Å². The van der Waals surface area contributed by atoms with Crippen molar-refractivity contribution in [2.24, 2.45) is 12.5 Å². The number of aromatic nitrogens is 2. The molecule has 0 bridgehead atoms. The van der Waals surface area contributed by atoms with Crippen LogP contribution in [0.25, 0.3) is 10.9 Å². The number of hydrogen-bond acceptors (Lipinski definition) is 2. The number of amides is 1. The average Bonchev–Trinajstić information content (AvgIpc) is 2.62. The quantitative estimate of drug-likeness (QED) is 0.861. The Labute approximate surface area is 111 Å². The third kappa shape index (κ3) is 2.34. The lowest BCUT2D eigenvalue weighted by atomic mass is 9.95. The number of nitrogens with one attached hydrogen (secondary N) is 1. The molecule has 0 spiro atoms. The van der Waals surface area contributed by atoms with Crippen LogP contribution in [0.1, 0.15) is 20.8 Å². The minimum absolute atomic E-state index is 0.0624. The molecule has 0 saturated carbocycles. The first-order valence-electron chi connectivity index (χ1n) is 5.72. The average molecular weight is 266 g/mol. The molecule has 1 heterocycles. The van der Waals surface area contributed by atoms with Gasteiger partial charge in [0, 0.05) is 24.0 Å². The predicted octanol–water partition coefficient (Wildman–Crippen LogP) is 3.21. The number of rotatable bonds is 1. The molecule has 0 aliphatic carbocycles. The summed E-state index contributed by atoms with van der Waals surface area (Å²) in [6.45, 7) is 5.58. The van der Waals surface area contributed by atoms with E-state index in [-0.39, 0.29) is 5.91 Å². The fourth-order valence-corrected chi connectivity index (χ4v) is 1.84. The maximum absolute atomic E-state index is 11.9. The molecular formula is C13H16ClN3O. The summed E-state index contributed by atoms with van der Waals surface area (Å²) in [7, 11) is 1.84. The van der Waals surface area contributed by atoms with E-state index >= 15 is 0 Å². The lowest BCUT2D eigenvalue weighted by Gasteiger charge is -2.18. The van der Waals surface area contributed by atoms with Gasteiger partial charge >= 0.3 is 0 Å².